The van der Waals surface area contributed by atoms with E-state index in [1.165, 1.54) is 36.6 Å². The molecule has 5 rings (SSSR count). The normalized spacial score (nSPS) is 13.7. The maximum atomic E-state index is 13.4. The first-order valence-electron chi connectivity index (χ1n) is 11.6. The zero-order valence-corrected chi connectivity index (χ0v) is 21.0. The van der Waals surface area contributed by atoms with E-state index in [2.05, 4.69) is 10.6 Å². The van der Waals surface area contributed by atoms with Gasteiger partial charge in [0.15, 0.2) is 5.76 Å². The van der Waals surface area contributed by atoms with Gasteiger partial charge < -0.3 is 15.1 Å². The van der Waals surface area contributed by atoms with Gasteiger partial charge in [-0.2, -0.15) is 13.2 Å². The van der Waals surface area contributed by atoms with Gasteiger partial charge in [-0.3, -0.25) is 14.4 Å². The number of benzene rings is 3. The molecule has 0 fully saturated rings. The Morgan fingerprint density at radius 3 is 2.08 bits per heavy atom. The van der Waals surface area contributed by atoms with E-state index in [1.807, 2.05) is 0 Å². The standard InChI is InChI=1S/C28H17F4N3O4S/c29-17-5-7-18(8-6-17)33-23-24(27(38)35(26(23)37)20-11-3-16(4-12-20)28(30,31)32)40-21-13-9-19(10-14-21)34-25(36)22-2-1-15-39-22/h1-15,33H,(H,34,36). The minimum Gasteiger partial charge on any atom is -0.459 e. The number of rotatable bonds is 7. The number of alkyl halides is 3. The Bertz CT molecular complexity index is 1600. The molecule has 202 valence electrons. The van der Waals surface area contributed by atoms with Gasteiger partial charge in [0.1, 0.15) is 16.4 Å². The Morgan fingerprint density at radius 2 is 1.48 bits per heavy atom. The van der Waals surface area contributed by atoms with E-state index in [9.17, 15) is 31.9 Å². The van der Waals surface area contributed by atoms with Crippen LogP contribution in [0.2, 0.25) is 0 Å². The smallest absolute Gasteiger partial charge is 0.416 e. The topological polar surface area (TPSA) is 91.7 Å². The van der Waals surface area contributed by atoms with Gasteiger partial charge in [-0.15, -0.1) is 0 Å². The molecule has 0 bridgehead atoms. The molecule has 0 atom stereocenters. The van der Waals surface area contributed by atoms with Crippen molar-refractivity contribution in [3.05, 3.63) is 119 Å². The SMILES string of the molecule is O=C(Nc1ccc(SC2=C(Nc3ccc(F)cc3)C(=O)N(c3ccc(C(F)(F)F)cc3)C2=O)cc1)c1ccco1. The lowest BCUT2D eigenvalue weighted by atomic mass is 10.2. The molecule has 1 aromatic heterocycles. The van der Waals surface area contributed by atoms with Crippen LogP contribution in [0, 0.1) is 5.82 Å². The van der Waals surface area contributed by atoms with Crippen molar-refractivity contribution in [2.45, 2.75) is 11.1 Å². The Balaban J connectivity index is 1.42. The molecule has 7 nitrogen and oxygen atoms in total. The predicted octanol–water partition coefficient (Wildman–Crippen LogP) is 6.68. The van der Waals surface area contributed by atoms with Crippen molar-refractivity contribution in [3.8, 4) is 0 Å². The van der Waals surface area contributed by atoms with Crippen molar-refractivity contribution in [3.63, 3.8) is 0 Å². The Morgan fingerprint density at radius 1 is 0.825 bits per heavy atom. The highest BCUT2D eigenvalue weighted by Crippen LogP contribution is 2.39. The molecule has 3 aromatic carbocycles. The number of hydrogen-bond acceptors (Lipinski definition) is 6. The highest BCUT2D eigenvalue weighted by atomic mass is 32.2. The van der Waals surface area contributed by atoms with E-state index in [4.69, 9.17) is 4.42 Å². The number of nitrogens with one attached hydrogen (secondary N) is 2. The highest BCUT2D eigenvalue weighted by Gasteiger charge is 2.41. The molecule has 3 amide bonds. The van der Waals surface area contributed by atoms with Crippen LogP contribution in [-0.2, 0) is 15.8 Å². The quantitative estimate of drug-likeness (QED) is 0.191. The van der Waals surface area contributed by atoms with Crippen molar-refractivity contribution >= 4 is 46.5 Å². The summed E-state index contributed by atoms with van der Waals surface area (Å²) < 4.78 is 57.6. The molecule has 0 saturated heterocycles. The van der Waals surface area contributed by atoms with Crippen molar-refractivity contribution in [1.29, 1.82) is 0 Å². The number of hydrogen-bond donors (Lipinski definition) is 2. The molecular weight excluding hydrogens is 550 g/mol. The monoisotopic (exact) mass is 567 g/mol. The van der Waals surface area contributed by atoms with Gasteiger partial charge in [0.2, 0.25) is 0 Å². The van der Waals surface area contributed by atoms with Crippen molar-refractivity contribution in [1.82, 2.24) is 0 Å². The second-order valence-electron chi connectivity index (χ2n) is 8.38. The van der Waals surface area contributed by atoms with Crippen molar-refractivity contribution < 1.29 is 36.4 Å². The van der Waals surface area contributed by atoms with E-state index >= 15 is 0 Å². The molecular formula is C28H17F4N3O4S. The van der Waals surface area contributed by atoms with E-state index < -0.39 is 35.3 Å². The predicted molar refractivity (Wildman–Crippen MR) is 140 cm³/mol. The van der Waals surface area contributed by atoms with E-state index in [1.54, 1.807) is 30.3 Å². The highest BCUT2D eigenvalue weighted by molar-refractivity contribution is 8.04. The van der Waals surface area contributed by atoms with Crippen LogP contribution in [-0.4, -0.2) is 17.7 Å². The molecule has 40 heavy (non-hydrogen) atoms. The number of imide groups is 1. The average Bonchev–Trinajstić information content (AvgIpc) is 3.54. The summed E-state index contributed by atoms with van der Waals surface area (Å²) in [7, 11) is 0. The lowest BCUT2D eigenvalue weighted by molar-refractivity contribution is -0.137. The molecule has 2 heterocycles. The maximum Gasteiger partial charge on any atom is 0.416 e. The van der Waals surface area contributed by atoms with Gasteiger partial charge in [-0.1, -0.05) is 11.8 Å². The van der Waals surface area contributed by atoms with Crippen LogP contribution in [0.4, 0.5) is 34.6 Å². The zero-order valence-electron chi connectivity index (χ0n) is 20.2. The number of nitrogens with zero attached hydrogens (tertiary/aromatic N) is 1. The number of thioether (sulfide) groups is 1. The first kappa shape index (κ1) is 26.8. The van der Waals surface area contributed by atoms with Crippen molar-refractivity contribution in [2.75, 3.05) is 15.5 Å². The third kappa shape index (κ3) is 5.61. The lowest BCUT2D eigenvalue weighted by Crippen LogP contribution is -2.32. The molecule has 0 spiro atoms. The van der Waals surface area contributed by atoms with Crippen LogP contribution in [0.1, 0.15) is 16.1 Å². The van der Waals surface area contributed by atoms with Gasteiger partial charge in [0.05, 0.1) is 17.5 Å². The lowest BCUT2D eigenvalue weighted by Gasteiger charge is -2.16. The van der Waals surface area contributed by atoms with Crippen LogP contribution < -0.4 is 15.5 Å². The molecule has 1 aliphatic rings. The number of furan rings is 1. The summed E-state index contributed by atoms with van der Waals surface area (Å²) in [5.74, 6) is -2.39. The number of halogens is 4. The largest absolute Gasteiger partial charge is 0.459 e. The van der Waals surface area contributed by atoms with E-state index in [0.29, 0.717) is 16.3 Å². The van der Waals surface area contributed by atoms with E-state index in [-0.39, 0.29) is 22.0 Å². The molecule has 12 heteroatoms. The minimum absolute atomic E-state index is 0.0263. The Kier molecular flexibility index (Phi) is 7.18. The van der Waals surface area contributed by atoms with Crippen LogP contribution in [0.25, 0.3) is 0 Å². The van der Waals surface area contributed by atoms with Gasteiger partial charge in [-0.05, 0) is 84.9 Å². The summed E-state index contributed by atoms with van der Waals surface area (Å²) in [6.45, 7) is 0. The van der Waals surface area contributed by atoms with Crippen LogP contribution in [0.15, 0.2) is 111 Å². The summed E-state index contributed by atoms with van der Waals surface area (Å²) in [6.07, 6.45) is -3.22. The summed E-state index contributed by atoms with van der Waals surface area (Å²) in [6, 6.07) is 18.2. The summed E-state index contributed by atoms with van der Waals surface area (Å²) >= 11 is 0.945. The third-order valence-corrected chi connectivity index (χ3v) is 6.78. The number of carbonyl (C=O) groups excluding carboxylic acids is 3. The second kappa shape index (κ2) is 10.7. The average molecular weight is 568 g/mol. The van der Waals surface area contributed by atoms with Gasteiger partial charge in [0, 0.05) is 16.3 Å². The van der Waals surface area contributed by atoms with Crippen molar-refractivity contribution in [2.24, 2.45) is 0 Å². The Hall–Kier alpha value is -4.84. The molecule has 4 aromatic rings. The van der Waals surface area contributed by atoms with Crippen LogP contribution >= 0.6 is 11.8 Å². The van der Waals surface area contributed by atoms with Gasteiger partial charge >= 0.3 is 6.18 Å². The fraction of sp³-hybridized carbons (Fsp3) is 0.0357. The number of carbonyl (C=O) groups is 3. The van der Waals surface area contributed by atoms with Gasteiger partial charge in [0.25, 0.3) is 17.7 Å². The molecule has 0 radical (unpaired) electrons. The molecule has 0 aliphatic carbocycles. The van der Waals surface area contributed by atoms with E-state index in [0.717, 1.165) is 40.9 Å². The molecule has 1 aliphatic heterocycles. The summed E-state index contributed by atoms with van der Waals surface area (Å²) in [5.41, 5.74) is -0.336. The fourth-order valence-electron chi connectivity index (χ4n) is 3.75. The third-order valence-electron chi connectivity index (χ3n) is 5.68. The molecule has 2 N–H and O–H groups in total. The second-order valence-corrected chi connectivity index (χ2v) is 9.47. The fourth-order valence-corrected chi connectivity index (χ4v) is 4.68. The summed E-state index contributed by atoms with van der Waals surface area (Å²) in [5, 5.41) is 5.50. The first-order valence-corrected chi connectivity index (χ1v) is 12.4. The number of amides is 3. The van der Waals surface area contributed by atoms with Crippen LogP contribution in [0.5, 0.6) is 0 Å². The Labute approximate surface area is 228 Å². The maximum absolute atomic E-state index is 13.4. The first-order chi connectivity index (χ1) is 19.1. The minimum atomic E-state index is -4.59. The molecule has 0 saturated carbocycles. The molecule has 0 unspecified atom stereocenters. The zero-order chi connectivity index (χ0) is 28.4. The number of anilines is 3. The summed E-state index contributed by atoms with van der Waals surface area (Å²) in [4.78, 5) is 40.3. The van der Waals surface area contributed by atoms with Crippen LogP contribution in [0.3, 0.4) is 0 Å². The van der Waals surface area contributed by atoms with Gasteiger partial charge in [-0.25, -0.2) is 9.29 Å².